The highest BCUT2D eigenvalue weighted by Gasteiger charge is 2.46. The van der Waals surface area contributed by atoms with Crippen molar-refractivity contribution in [3.63, 3.8) is 0 Å². The molecule has 2 fully saturated rings. The summed E-state index contributed by atoms with van der Waals surface area (Å²) in [7, 11) is 4.96. The van der Waals surface area contributed by atoms with Crippen molar-refractivity contribution in [3.8, 4) is 5.75 Å². The van der Waals surface area contributed by atoms with Gasteiger partial charge in [0.25, 0.3) is 17.7 Å². The molecular formula is C79H92N12O18. The lowest BCUT2D eigenvalue weighted by Gasteiger charge is -2.31. The molecule has 4 aromatic heterocycles. The number of nitrogens with one attached hydrogen (secondary N) is 4. The first kappa shape index (κ1) is 80.0. The number of aryl methyl sites for hydroxylation is 4. The van der Waals surface area contributed by atoms with Gasteiger partial charge < -0.3 is 63.9 Å². The van der Waals surface area contributed by atoms with Gasteiger partial charge in [-0.15, -0.1) is 0 Å². The molecule has 109 heavy (non-hydrogen) atoms. The van der Waals surface area contributed by atoms with Crippen LogP contribution in [0.4, 0.5) is 22.0 Å². The highest BCUT2D eigenvalue weighted by molar-refractivity contribution is 6.08. The molecule has 7 aromatic rings. The normalized spacial score (nSPS) is 16.1. The number of hydrogen-bond donors (Lipinski definition) is 5. The van der Waals surface area contributed by atoms with Crippen LogP contribution in [0.5, 0.6) is 5.75 Å². The summed E-state index contributed by atoms with van der Waals surface area (Å²) in [6, 6.07) is 18.0. The quantitative estimate of drug-likeness (QED) is 0.0114. The molecule has 30 nitrogen and oxygen atoms in total. The van der Waals surface area contributed by atoms with E-state index >= 15 is 0 Å². The highest BCUT2D eigenvalue weighted by Crippen LogP contribution is 2.40. The Morgan fingerprint density at radius 3 is 2.18 bits per heavy atom. The van der Waals surface area contributed by atoms with Gasteiger partial charge in [0, 0.05) is 139 Å². The van der Waals surface area contributed by atoms with Crippen molar-refractivity contribution in [2.45, 2.75) is 124 Å². The molecule has 8 amide bonds. The standard InChI is InChI=1S/C79H92N12O18/c1-45(2)58(38-57(93)21-26-106-28-29-107-27-22-80-69(96)20-24-89-71(98)32-48(5)75(89)101)73(99)81-49(6)65(94)34-51-13-15-52(16-14-51)44-109-79(105)91-61-39-67(47(4)31-59(61)76(102)90-40-46(3)30-64(90)78(91)104)108-25-11-12-70(97)83-68-43-87(10)72(84-68)66(95)35-53-33-62(85(8)41-53)74(100)82-56-37-63(86(9)42-56)77(103)88-23-19-55-36-54(50(7)92)17-18-60(55)88/h13-19,23,31,33,36-37,39,41-43,45,48-49,58,64,78,104H,3,11-12,20-22,24-30,32,34-35,38,40,44H2,1-2,4-10H3,(H,80,96)(H,81,99)(H,82,100)(H,83,97)/t48?,49-,58-,64-,78?/m0/s1. The van der Waals surface area contributed by atoms with Crippen LogP contribution >= 0.6 is 0 Å². The number of hydrogen-bond acceptors (Lipinski definition) is 19. The van der Waals surface area contributed by atoms with Crippen LogP contribution in [0.25, 0.3) is 10.9 Å². The number of aromatic nitrogens is 5. The van der Waals surface area contributed by atoms with Crippen molar-refractivity contribution in [2.24, 2.45) is 38.9 Å². The van der Waals surface area contributed by atoms with Crippen molar-refractivity contribution in [3.05, 3.63) is 160 Å². The molecule has 5 atom stereocenters. The van der Waals surface area contributed by atoms with Gasteiger partial charge in [0.15, 0.2) is 29.4 Å². The van der Waals surface area contributed by atoms with Gasteiger partial charge in [0.05, 0.1) is 67.6 Å². The van der Waals surface area contributed by atoms with Gasteiger partial charge in [0.2, 0.25) is 35.3 Å². The minimum atomic E-state index is -1.57. The van der Waals surface area contributed by atoms with Gasteiger partial charge in [-0.05, 0) is 104 Å². The number of nitrogens with zero attached hydrogens (tertiary/aromatic N) is 8. The lowest BCUT2D eigenvalue weighted by molar-refractivity contribution is -0.139. The van der Waals surface area contributed by atoms with Crippen molar-refractivity contribution in [2.75, 3.05) is 68.2 Å². The van der Waals surface area contributed by atoms with Crippen molar-refractivity contribution < 1.29 is 86.4 Å². The summed E-state index contributed by atoms with van der Waals surface area (Å²) in [5.41, 5.74) is 5.10. The maximum absolute atomic E-state index is 14.3. The molecule has 2 unspecified atom stereocenters. The van der Waals surface area contributed by atoms with Crippen LogP contribution < -0.4 is 30.9 Å². The fraction of sp³-hybridized carbons (Fsp3) is 0.418. The molecule has 0 bridgehead atoms. The lowest BCUT2D eigenvalue weighted by Crippen LogP contribution is -2.50. The fourth-order valence-corrected chi connectivity index (χ4v) is 13.4. The molecule has 0 saturated carbocycles. The highest BCUT2D eigenvalue weighted by atomic mass is 16.6. The molecule has 2 saturated heterocycles. The number of ether oxygens (including phenoxy) is 4. The van der Waals surface area contributed by atoms with Crippen molar-refractivity contribution in [1.29, 1.82) is 0 Å². The first-order valence-corrected chi connectivity index (χ1v) is 36.2. The number of carbonyl (C=O) groups is 13. The molecule has 0 aliphatic carbocycles. The largest absolute Gasteiger partial charge is 0.493 e. The zero-order chi connectivity index (χ0) is 78.7. The van der Waals surface area contributed by atoms with Gasteiger partial charge in [-0.2, -0.15) is 0 Å². The minimum Gasteiger partial charge on any atom is -0.493 e. The smallest absolute Gasteiger partial charge is 0.416 e. The Bertz CT molecular complexity index is 4710. The Morgan fingerprint density at radius 1 is 0.743 bits per heavy atom. The lowest BCUT2D eigenvalue weighted by atomic mass is 9.88. The molecule has 7 heterocycles. The number of carbonyl (C=O) groups excluding carboxylic acids is 13. The van der Waals surface area contributed by atoms with E-state index in [1.807, 2.05) is 13.8 Å². The monoisotopic (exact) mass is 1500 g/mol. The SMILES string of the molecule is C=C1C[C@H]2C(O)N(C(=O)OCc3ccc(CC(=O)[C@H](C)NC(=O)[C@@H](CC(=O)CCOCCOCCNC(=O)CCN4C(=O)CC(C)C4=O)C(C)C)cc3)c3cc(OCCCC(=O)Nc4cn(C)c(C(=O)Cc5cc(C(=O)Nc6cc(C(=O)n7ccc8cc(C(C)=O)ccc87)n(C)c6)n(C)c5)n4)c(C)cc3C(=O)N2C1. The Morgan fingerprint density at radius 2 is 1.47 bits per heavy atom. The van der Waals surface area contributed by atoms with Gasteiger partial charge >= 0.3 is 6.09 Å². The Hall–Kier alpha value is -11.5. The third-order valence-electron chi connectivity index (χ3n) is 19.5. The number of imidazole rings is 1. The Balaban J connectivity index is 0.654. The van der Waals surface area contributed by atoms with Crippen LogP contribution in [0, 0.1) is 24.7 Å². The number of Topliss-reactive ketones (excluding diaryl/α,β-unsaturated/α-hetero) is 4. The van der Waals surface area contributed by atoms with E-state index in [2.05, 4.69) is 32.8 Å². The molecule has 10 rings (SSSR count). The maximum Gasteiger partial charge on any atom is 0.416 e. The first-order chi connectivity index (χ1) is 51.9. The average Bonchev–Trinajstić information content (AvgIpc) is 1.61. The number of anilines is 3. The van der Waals surface area contributed by atoms with E-state index < -0.39 is 54.0 Å². The summed E-state index contributed by atoms with van der Waals surface area (Å²) in [4.78, 5) is 179. The molecule has 3 aromatic carbocycles. The van der Waals surface area contributed by atoms with Crippen LogP contribution in [0.3, 0.4) is 0 Å². The summed E-state index contributed by atoms with van der Waals surface area (Å²) in [6.45, 7) is 15.0. The van der Waals surface area contributed by atoms with Gasteiger partial charge in [-0.1, -0.05) is 57.2 Å². The van der Waals surface area contributed by atoms with E-state index in [9.17, 15) is 67.4 Å². The second-order valence-electron chi connectivity index (χ2n) is 28.3. The molecule has 576 valence electrons. The number of aliphatic hydroxyl groups is 1. The molecule has 3 aliphatic heterocycles. The summed E-state index contributed by atoms with van der Waals surface area (Å²) >= 11 is 0. The maximum atomic E-state index is 14.3. The molecule has 3 aliphatic rings. The number of fused-ring (bicyclic) bond motifs is 3. The van der Waals surface area contributed by atoms with Crippen LogP contribution in [-0.4, -0.2) is 186 Å². The molecule has 30 heteroatoms. The van der Waals surface area contributed by atoms with Gasteiger partial charge in [-0.25, -0.2) is 14.7 Å². The zero-order valence-electron chi connectivity index (χ0n) is 62.6. The second-order valence-corrected chi connectivity index (χ2v) is 28.3. The van der Waals surface area contributed by atoms with Gasteiger partial charge in [-0.3, -0.25) is 67.0 Å². The predicted molar refractivity (Wildman–Crippen MR) is 399 cm³/mol. The van der Waals surface area contributed by atoms with Crippen LogP contribution in [0.2, 0.25) is 0 Å². The molecule has 5 N–H and O–H groups in total. The topological polar surface area (TPSA) is 370 Å². The van der Waals surface area contributed by atoms with E-state index in [0.29, 0.717) is 50.3 Å². The zero-order valence-corrected chi connectivity index (χ0v) is 62.6. The van der Waals surface area contributed by atoms with E-state index in [1.165, 1.54) is 33.2 Å². The predicted octanol–water partition coefficient (Wildman–Crippen LogP) is 7.14. The van der Waals surface area contributed by atoms with Crippen LogP contribution in [-0.2, 0) is 88.4 Å². The van der Waals surface area contributed by atoms with Crippen molar-refractivity contribution in [1.82, 2.24) is 43.7 Å². The number of aliphatic hydroxyl groups excluding tert-OH is 1. The van der Waals surface area contributed by atoms with E-state index in [-0.39, 0.29) is 210 Å². The number of amides is 8. The van der Waals surface area contributed by atoms with Crippen LogP contribution in [0.15, 0.2) is 110 Å². The summed E-state index contributed by atoms with van der Waals surface area (Å²) < 4.78 is 29.2. The number of likely N-dealkylation sites (tertiary alicyclic amines) is 1. The molecular weight excluding hydrogens is 1400 g/mol. The number of benzene rings is 3. The number of rotatable bonds is 35. The van der Waals surface area contributed by atoms with E-state index in [4.69, 9.17) is 18.9 Å². The third kappa shape index (κ3) is 19.6. The number of imide groups is 1. The van der Waals surface area contributed by atoms with E-state index in [0.717, 1.165) is 15.2 Å². The first-order valence-electron chi connectivity index (χ1n) is 36.2. The average molecular weight is 1500 g/mol. The summed E-state index contributed by atoms with van der Waals surface area (Å²) in [5, 5.41) is 23.7. The van der Waals surface area contributed by atoms with E-state index in [1.54, 1.807) is 136 Å². The Labute approximate surface area is 629 Å². The molecule has 0 radical (unpaired) electrons. The molecule has 0 spiro atoms. The van der Waals surface area contributed by atoms with Crippen LogP contribution in [0.1, 0.15) is 154 Å². The fourth-order valence-electron chi connectivity index (χ4n) is 13.4. The summed E-state index contributed by atoms with van der Waals surface area (Å²) in [6.07, 6.45) is 4.24. The van der Waals surface area contributed by atoms with Crippen molar-refractivity contribution >= 4 is 105 Å². The third-order valence-corrected chi connectivity index (χ3v) is 19.5. The number of ketones is 4. The summed E-state index contributed by atoms with van der Waals surface area (Å²) in [5.74, 6) is -4.78. The van der Waals surface area contributed by atoms with Gasteiger partial charge in [0.1, 0.15) is 29.5 Å². The second kappa shape index (κ2) is 35.5. The Kier molecular flexibility index (Phi) is 26.1. The minimum absolute atomic E-state index is 0.00237.